The van der Waals surface area contributed by atoms with Gasteiger partial charge in [-0.15, -0.1) is 0 Å². The number of rotatable bonds is 6. The Morgan fingerprint density at radius 3 is 1.64 bits per heavy atom. The SMILES string of the molecule is [CH2]C(N)(CCCN)CCCN. The van der Waals surface area contributed by atoms with Gasteiger partial charge in [0.25, 0.3) is 0 Å². The van der Waals surface area contributed by atoms with E-state index in [1.165, 1.54) is 0 Å². The molecule has 0 heterocycles. The van der Waals surface area contributed by atoms with Gasteiger partial charge in [0, 0.05) is 5.54 Å². The Labute approximate surface area is 69.3 Å². The van der Waals surface area contributed by atoms with Crippen LogP contribution in [0.4, 0.5) is 0 Å². The van der Waals surface area contributed by atoms with Crippen molar-refractivity contribution in [2.45, 2.75) is 31.2 Å². The maximum absolute atomic E-state index is 5.87. The minimum Gasteiger partial charge on any atom is -0.330 e. The van der Waals surface area contributed by atoms with Crippen LogP contribution in [0.3, 0.4) is 0 Å². The first-order valence-electron chi connectivity index (χ1n) is 4.17. The molecular formula is C8H20N3. The van der Waals surface area contributed by atoms with Crippen LogP contribution in [-0.2, 0) is 0 Å². The summed E-state index contributed by atoms with van der Waals surface area (Å²) in [6, 6.07) is 0. The fourth-order valence-electron chi connectivity index (χ4n) is 1.03. The van der Waals surface area contributed by atoms with Crippen molar-refractivity contribution in [3.8, 4) is 0 Å². The molecule has 0 unspecified atom stereocenters. The van der Waals surface area contributed by atoms with Crippen molar-refractivity contribution in [2.75, 3.05) is 13.1 Å². The molecule has 0 aromatic rings. The normalized spacial score (nSPS) is 12.0. The molecule has 3 nitrogen and oxygen atoms in total. The van der Waals surface area contributed by atoms with Crippen LogP contribution in [0.5, 0.6) is 0 Å². The molecule has 6 N–H and O–H groups in total. The Morgan fingerprint density at radius 2 is 1.36 bits per heavy atom. The molecule has 0 aliphatic carbocycles. The molecule has 11 heavy (non-hydrogen) atoms. The maximum atomic E-state index is 5.87. The van der Waals surface area contributed by atoms with Crippen LogP contribution in [-0.4, -0.2) is 18.6 Å². The minimum absolute atomic E-state index is 0.307. The lowest BCUT2D eigenvalue weighted by Crippen LogP contribution is -2.37. The van der Waals surface area contributed by atoms with Gasteiger partial charge in [-0.3, -0.25) is 0 Å². The van der Waals surface area contributed by atoms with Crippen LogP contribution in [0.1, 0.15) is 25.7 Å². The van der Waals surface area contributed by atoms with E-state index in [9.17, 15) is 0 Å². The Balaban J connectivity index is 3.43. The first-order chi connectivity index (χ1) is 5.12. The minimum atomic E-state index is -0.307. The highest BCUT2D eigenvalue weighted by molar-refractivity contribution is 4.86. The van der Waals surface area contributed by atoms with Crippen LogP contribution >= 0.6 is 0 Å². The lowest BCUT2D eigenvalue weighted by molar-refractivity contribution is 0.425. The van der Waals surface area contributed by atoms with Gasteiger partial charge in [0.2, 0.25) is 0 Å². The summed E-state index contributed by atoms with van der Waals surface area (Å²) in [6.45, 7) is 5.29. The summed E-state index contributed by atoms with van der Waals surface area (Å²) in [6.07, 6.45) is 3.68. The van der Waals surface area contributed by atoms with Crippen molar-refractivity contribution in [3.63, 3.8) is 0 Å². The molecule has 0 fully saturated rings. The Hall–Kier alpha value is -0.120. The fraction of sp³-hybridized carbons (Fsp3) is 0.875. The van der Waals surface area contributed by atoms with Crippen LogP contribution in [0.15, 0.2) is 0 Å². The van der Waals surface area contributed by atoms with Crippen LogP contribution in [0.25, 0.3) is 0 Å². The second-order valence-corrected chi connectivity index (χ2v) is 3.15. The second-order valence-electron chi connectivity index (χ2n) is 3.15. The first kappa shape index (κ1) is 10.9. The molecule has 3 heteroatoms. The maximum Gasteiger partial charge on any atom is 0.0156 e. The van der Waals surface area contributed by atoms with Gasteiger partial charge in [0.15, 0.2) is 0 Å². The van der Waals surface area contributed by atoms with Crippen LogP contribution in [0, 0.1) is 6.92 Å². The molecule has 0 rings (SSSR count). The first-order valence-corrected chi connectivity index (χ1v) is 4.17. The lowest BCUT2D eigenvalue weighted by atomic mass is 9.92. The third kappa shape index (κ3) is 6.28. The summed E-state index contributed by atoms with van der Waals surface area (Å²) < 4.78 is 0. The fourth-order valence-corrected chi connectivity index (χ4v) is 1.03. The Bertz CT molecular complexity index is 81.3. The Kier molecular flexibility index (Phi) is 5.46. The van der Waals surface area contributed by atoms with E-state index in [0.717, 1.165) is 25.7 Å². The molecule has 0 aliphatic heterocycles. The highest BCUT2D eigenvalue weighted by Crippen LogP contribution is 2.13. The summed E-state index contributed by atoms with van der Waals surface area (Å²) in [7, 11) is 0. The quantitative estimate of drug-likeness (QED) is 0.509. The summed E-state index contributed by atoms with van der Waals surface area (Å²) >= 11 is 0. The van der Waals surface area contributed by atoms with Crippen molar-refractivity contribution >= 4 is 0 Å². The molecule has 0 aromatic carbocycles. The molecule has 0 saturated heterocycles. The predicted molar refractivity (Wildman–Crippen MR) is 48.9 cm³/mol. The highest BCUT2D eigenvalue weighted by Gasteiger charge is 2.16. The van der Waals surface area contributed by atoms with E-state index in [1.54, 1.807) is 0 Å². The Morgan fingerprint density at radius 1 is 1.00 bits per heavy atom. The molecule has 0 aliphatic rings. The topological polar surface area (TPSA) is 78.1 Å². The van der Waals surface area contributed by atoms with Crippen molar-refractivity contribution in [3.05, 3.63) is 6.92 Å². The molecule has 0 amide bonds. The zero-order valence-electron chi connectivity index (χ0n) is 7.18. The van der Waals surface area contributed by atoms with Gasteiger partial charge in [0.1, 0.15) is 0 Å². The van der Waals surface area contributed by atoms with E-state index < -0.39 is 0 Å². The molecule has 0 saturated carbocycles. The lowest BCUT2D eigenvalue weighted by Gasteiger charge is -2.23. The molecule has 0 atom stereocenters. The van der Waals surface area contributed by atoms with Crippen molar-refractivity contribution in [1.29, 1.82) is 0 Å². The van der Waals surface area contributed by atoms with Gasteiger partial charge < -0.3 is 17.2 Å². The van der Waals surface area contributed by atoms with E-state index in [2.05, 4.69) is 6.92 Å². The van der Waals surface area contributed by atoms with Gasteiger partial charge in [-0.25, -0.2) is 0 Å². The van der Waals surface area contributed by atoms with Gasteiger partial charge in [-0.1, -0.05) is 0 Å². The number of hydrogen-bond acceptors (Lipinski definition) is 3. The van der Waals surface area contributed by atoms with Gasteiger partial charge >= 0.3 is 0 Å². The van der Waals surface area contributed by atoms with Crippen LogP contribution in [0.2, 0.25) is 0 Å². The van der Waals surface area contributed by atoms with Crippen LogP contribution < -0.4 is 17.2 Å². The number of nitrogens with two attached hydrogens (primary N) is 3. The molecule has 0 bridgehead atoms. The highest BCUT2D eigenvalue weighted by atomic mass is 14.7. The van der Waals surface area contributed by atoms with E-state index >= 15 is 0 Å². The monoisotopic (exact) mass is 158 g/mol. The van der Waals surface area contributed by atoms with E-state index in [-0.39, 0.29) is 5.54 Å². The molecule has 1 radical (unpaired) electrons. The third-order valence-electron chi connectivity index (χ3n) is 1.76. The summed E-state index contributed by atoms with van der Waals surface area (Å²) in [4.78, 5) is 0. The van der Waals surface area contributed by atoms with Crippen molar-refractivity contribution in [1.82, 2.24) is 0 Å². The third-order valence-corrected chi connectivity index (χ3v) is 1.76. The average Bonchev–Trinajstić information content (AvgIpc) is 1.97. The van der Waals surface area contributed by atoms with E-state index in [4.69, 9.17) is 17.2 Å². The average molecular weight is 158 g/mol. The summed E-state index contributed by atoms with van der Waals surface area (Å²) in [5, 5.41) is 0. The smallest absolute Gasteiger partial charge is 0.0156 e. The van der Waals surface area contributed by atoms with E-state index in [1.807, 2.05) is 0 Å². The molecule has 67 valence electrons. The summed E-state index contributed by atoms with van der Waals surface area (Å²) in [5.74, 6) is 0. The van der Waals surface area contributed by atoms with Gasteiger partial charge in [0.05, 0.1) is 0 Å². The standard InChI is InChI=1S/C8H20N3/c1-8(11,4-2-6-9)5-3-7-10/h1-7,9-11H2. The zero-order chi connectivity index (χ0) is 8.74. The second kappa shape index (κ2) is 5.52. The molecule has 0 aromatic heterocycles. The van der Waals surface area contributed by atoms with Crippen molar-refractivity contribution in [2.24, 2.45) is 17.2 Å². The van der Waals surface area contributed by atoms with Gasteiger partial charge in [-0.05, 0) is 45.7 Å². The zero-order valence-corrected chi connectivity index (χ0v) is 7.18. The van der Waals surface area contributed by atoms with Gasteiger partial charge in [-0.2, -0.15) is 0 Å². The number of hydrogen-bond donors (Lipinski definition) is 3. The molecule has 0 spiro atoms. The summed E-state index contributed by atoms with van der Waals surface area (Å²) in [5.41, 5.74) is 16.3. The van der Waals surface area contributed by atoms with E-state index in [0.29, 0.717) is 13.1 Å². The predicted octanol–water partition coefficient (Wildman–Crippen LogP) is -0.00421. The molecular weight excluding hydrogens is 138 g/mol. The largest absolute Gasteiger partial charge is 0.330 e. The van der Waals surface area contributed by atoms with Crippen molar-refractivity contribution < 1.29 is 0 Å².